The molecular formula is C22H21ClN4O2. The number of halogens is 1. The van der Waals surface area contributed by atoms with Crippen molar-refractivity contribution in [3.8, 4) is 11.3 Å². The average molecular weight is 409 g/mol. The number of morpholine rings is 1. The lowest BCUT2D eigenvalue weighted by Crippen LogP contribution is -2.36. The Labute approximate surface area is 174 Å². The Morgan fingerprint density at radius 2 is 1.69 bits per heavy atom. The Kier molecular flexibility index (Phi) is 6.03. The molecule has 3 aromatic rings. The van der Waals surface area contributed by atoms with E-state index in [2.05, 4.69) is 20.4 Å². The van der Waals surface area contributed by atoms with E-state index in [1.807, 2.05) is 48.5 Å². The van der Waals surface area contributed by atoms with Crippen LogP contribution < -0.4 is 10.2 Å². The number of benzene rings is 2. The molecule has 2 aromatic carbocycles. The summed E-state index contributed by atoms with van der Waals surface area (Å²) in [5.74, 6) is 0.790. The summed E-state index contributed by atoms with van der Waals surface area (Å²) in [6.45, 7) is 3.10. The molecule has 2 heterocycles. The van der Waals surface area contributed by atoms with E-state index < -0.39 is 0 Å². The number of hydrogen-bond acceptors (Lipinski definition) is 5. The number of amides is 1. The molecule has 7 heteroatoms. The first-order valence-corrected chi connectivity index (χ1v) is 9.86. The van der Waals surface area contributed by atoms with Crippen molar-refractivity contribution in [2.75, 3.05) is 36.5 Å². The van der Waals surface area contributed by atoms with Crippen LogP contribution in [-0.2, 0) is 16.0 Å². The number of anilines is 2. The van der Waals surface area contributed by atoms with Crippen LogP contribution in [0.1, 0.15) is 5.56 Å². The van der Waals surface area contributed by atoms with Crippen molar-refractivity contribution in [3.63, 3.8) is 0 Å². The number of nitrogens with one attached hydrogen (secondary N) is 1. The molecule has 4 rings (SSSR count). The standard InChI is InChI=1S/C22H21ClN4O2/c23-18-5-1-16(2-6-18)15-22(28)24-19-7-3-17(4-8-19)20-9-10-21(26-25-20)27-11-13-29-14-12-27/h1-10H,11-15H2,(H,24,28). The Bertz CT molecular complexity index is 954. The Morgan fingerprint density at radius 1 is 0.966 bits per heavy atom. The highest BCUT2D eigenvalue weighted by molar-refractivity contribution is 6.30. The molecule has 0 spiro atoms. The van der Waals surface area contributed by atoms with Crippen LogP contribution in [0.4, 0.5) is 11.5 Å². The molecule has 0 saturated carbocycles. The lowest BCUT2D eigenvalue weighted by molar-refractivity contribution is -0.115. The number of nitrogens with zero attached hydrogens (tertiary/aromatic N) is 3. The molecule has 1 amide bonds. The van der Waals surface area contributed by atoms with Crippen molar-refractivity contribution >= 4 is 29.0 Å². The summed E-state index contributed by atoms with van der Waals surface area (Å²) in [4.78, 5) is 14.4. The van der Waals surface area contributed by atoms with E-state index in [0.717, 1.165) is 41.4 Å². The van der Waals surface area contributed by atoms with Crippen LogP contribution in [0, 0.1) is 0 Å². The highest BCUT2D eigenvalue weighted by Gasteiger charge is 2.13. The minimum absolute atomic E-state index is 0.0743. The summed E-state index contributed by atoms with van der Waals surface area (Å²) in [5, 5.41) is 12.3. The topological polar surface area (TPSA) is 67.4 Å². The van der Waals surface area contributed by atoms with Crippen molar-refractivity contribution in [1.82, 2.24) is 10.2 Å². The highest BCUT2D eigenvalue weighted by Crippen LogP contribution is 2.21. The van der Waals surface area contributed by atoms with Crippen molar-refractivity contribution in [2.45, 2.75) is 6.42 Å². The first-order chi connectivity index (χ1) is 14.2. The Balaban J connectivity index is 1.37. The van der Waals surface area contributed by atoms with E-state index in [-0.39, 0.29) is 5.91 Å². The van der Waals surface area contributed by atoms with E-state index in [9.17, 15) is 4.79 Å². The van der Waals surface area contributed by atoms with Gasteiger partial charge >= 0.3 is 0 Å². The monoisotopic (exact) mass is 408 g/mol. The summed E-state index contributed by atoms with van der Waals surface area (Å²) < 4.78 is 5.37. The van der Waals surface area contributed by atoms with Crippen molar-refractivity contribution < 1.29 is 9.53 Å². The van der Waals surface area contributed by atoms with Crippen LogP contribution in [-0.4, -0.2) is 42.4 Å². The molecule has 1 aliphatic heterocycles. The van der Waals surface area contributed by atoms with Crippen molar-refractivity contribution in [3.05, 3.63) is 71.2 Å². The largest absolute Gasteiger partial charge is 0.378 e. The number of carbonyl (C=O) groups is 1. The van der Waals surface area contributed by atoms with Gasteiger partial charge < -0.3 is 15.0 Å². The second kappa shape index (κ2) is 9.03. The van der Waals surface area contributed by atoms with Crippen LogP contribution in [0.25, 0.3) is 11.3 Å². The maximum atomic E-state index is 12.2. The van der Waals surface area contributed by atoms with Gasteiger partial charge in [-0.25, -0.2) is 0 Å². The number of carbonyl (C=O) groups excluding carboxylic acids is 1. The summed E-state index contributed by atoms with van der Waals surface area (Å²) in [6.07, 6.45) is 0.299. The van der Waals surface area contributed by atoms with E-state index in [0.29, 0.717) is 24.7 Å². The van der Waals surface area contributed by atoms with E-state index in [1.54, 1.807) is 12.1 Å². The van der Waals surface area contributed by atoms with E-state index in [4.69, 9.17) is 16.3 Å². The highest BCUT2D eigenvalue weighted by atomic mass is 35.5. The average Bonchev–Trinajstić information content (AvgIpc) is 2.77. The summed E-state index contributed by atoms with van der Waals surface area (Å²) in [7, 11) is 0. The third-order valence-electron chi connectivity index (χ3n) is 4.73. The van der Waals surface area contributed by atoms with Gasteiger partial charge in [0.2, 0.25) is 5.91 Å². The SMILES string of the molecule is O=C(Cc1ccc(Cl)cc1)Nc1ccc(-c2ccc(N3CCOCC3)nn2)cc1. The molecule has 1 N–H and O–H groups in total. The smallest absolute Gasteiger partial charge is 0.228 e. The molecule has 1 fully saturated rings. The molecule has 1 aromatic heterocycles. The van der Waals surface area contributed by atoms with Crippen molar-refractivity contribution in [1.29, 1.82) is 0 Å². The van der Waals surface area contributed by atoms with Gasteiger partial charge in [-0.3, -0.25) is 4.79 Å². The zero-order chi connectivity index (χ0) is 20.1. The molecule has 0 bridgehead atoms. The fourth-order valence-corrected chi connectivity index (χ4v) is 3.28. The van der Waals surface area contributed by atoms with Gasteiger partial charge in [0, 0.05) is 29.4 Å². The summed E-state index contributed by atoms with van der Waals surface area (Å²) >= 11 is 5.87. The predicted octanol–water partition coefficient (Wildman–Crippen LogP) is 3.81. The van der Waals surface area contributed by atoms with Crippen molar-refractivity contribution in [2.24, 2.45) is 0 Å². The predicted molar refractivity (Wildman–Crippen MR) is 114 cm³/mol. The minimum Gasteiger partial charge on any atom is -0.378 e. The van der Waals surface area contributed by atoms with Gasteiger partial charge in [0.1, 0.15) is 0 Å². The van der Waals surface area contributed by atoms with Gasteiger partial charge in [0.25, 0.3) is 0 Å². The normalized spacial score (nSPS) is 13.9. The fraction of sp³-hybridized carbons (Fsp3) is 0.227. The Morgan fingerprint density at radius 3 is 2.34 bits per heavy atom. The molecule has 0 aliphatic carbocycles. The molecule has 0 radical (unpaired) electrons. The molecule has 148 valence electrons. The second-order valence-corrected chi connectivity index (χ2v) is 7.24. The van der Waals surface area contributed by atoms with Gasteiger partial charge in [-0.05, 0) is 42.0 Å². The van der Waals surface area contributed by atoms with E-state index in [1.165, 1.54) is 0 Å². The number of hydrogen-bond donors (Lipinski definition) is 1. The zero-order valence-electron chi connectivity index (χ0n) is 15.8. The number of rotatable bonds is 5. The molecule has 6 nitrogen and oxygen atoms in total. The number of ether oxygens (including phenoxy) is 1. The van der Waals surface area contributed by atoms with Crippen LogP contribution in [0.5, 0.6) is 0 Å². The maximum absolute atomic E-state index is 12.2. The third-order valence-corrected chi connectivity index (χ3v) is 4.98. The third kappa shape index (κ3) is 5.10. The lowest BCUT2D eigenvalue weighted by atomic mass is 10.1. The molecule has 0 unspecified atom stereocenters. The van der Waals surface area contributed by atoms with Crippen LogP contribution in [0.3, 0.4) is 0 Å². The second-order valence-electron chi connectivity index (χ2n) is 6.80. The van der Waals surface area contributed by atoms with Crippen LogP contribution >= 0.6 is 11.6 Å². The first-order valence-electron chi connectivity index (χ1n) is 9.48. The quantitative estimate of drug-likeness (QED) is 0.695. The van der Waals surface area contributed by atoms with Crippen LogP contribution in [0.15, 0.2) is 60.7 Å². The molecule has 29 heavy (non-hydrogen) atoms. The molecule has 1 saturated heterocycles. The zero-order valence-corrected chi connectivity index (χ0v) is 16.6. The van der Waals surface area contributed by atoms with Gasteiger partial charge in [0.05, 0.1) is 25.3 Å². The first kappa shape index (κ1) is 19.4. The van der Waals surface area contributed by atoms with Gasteiger partial charge in [-0.2, -0.15) is 0 Å². The molecule has 1 aliphatic rings. The maximum Gasteiger partial charge on any atom is 0.228 e. The number of aromatic nitrogens is 2. The van der Waals surface area contributed by atoms with Gasteiger partial charge in [-0.15, -0.1) is 10.2 Å². The molecular weight excluding hydrogens is 388 g/mol. The Hall–Kier alpha value is -2.96. The van der Waals surface area contributed by atoms with Gasteiger partial charge in [0.15, 0.2) is 5.82 Å². The van der Waals surface area contributed by atoms with Gasteiger partial charge in [-0.1, -0.05) is 35.9 Å². The summed E-state index contributed by atoms with van der Waals surface area (Å²) in [5.41, 5.74) is 3.40. The van der Waals surface area contributed by atoms with Crippen LogP contribution in [0.2, 0.25) is 5.02 Å². The summed E-state index contributed by atoms with van der Waals surface area (Å²) in [6, 6.07) is 18.8. The fourth-order valence-electron chi connectivity index (χ4n) is 3.16. The minimum atomic E-state index is -0.0743. The lowest BCUT2D eigenvalue weighted by Gasteiger charge is -2.27. The molecule has 0 atom stereocenters. The van der Waals surface area contributed by atoms with E-state index >= 15 is 0 Å².